The van der Waals surface area contributed by atoms with Crippen molar-refractivity contribution in [1.82, 2.24) is 20.2 Å². The van der Waals surface area contributed by atoms with Gasteiger partial charge in [-0.05, 0) is 48.5 Å². The van der Waals surface area contributed by atoms with E-state index >= 15 is 0 Å². The number of hydrogen-bond acceptors (Lipinski definition) is 6. The third kappa shape index (κ3) is 3.93. The van der Waals surface area contributed by atoms with Gasteiger partial charge in [0.15, 0.2) is 5.82 Å². The standard InChI is InChI=1S/C20H22N4O2S/c1-3-25-18-10-15-9-14(2)26-19(15)11-16(18)12-27-13-20-21-22-23-24(20)17-7-5-4-6-8-17/h4-8,10-11,14H,3,9,12-13H2,1-2H3. The third-order valence-corrected chi connectivity index (χ3v) is 5.38. The van der Waals surface area contributed by atoms with E-state index < -0.39 is 0 Å². The average Bonchev–Trinajstić information content (AvgIpc) is 3.28. The first-order chi connectivity index (χ1) is 13.2. The minimum absolute atomic E-state index is 0.230. The molecule has 0 fully saturated rings. The highest BCUT2D eigenvalue weighted by Gasteiger charge is 2.22. The maximum atomic E-state index is 5.91. The lowest BCUT2D eigenvalue weighted by Gasteiger charge is -2.12. The molecule has 7 heteroatoms. The van der Waals surface area contributed by atoms with Crippen molar-refractivity contribution < 1.29 is 9.47 Å². The van der Waals surface area contributed by atoms with Crippen LogP contribution in [-0.4, -0.2) is 32.9 Å². The fraction of sp³-hybridized carbons (Fsp3) is 0.350. The summed E-state index contributed by atoms with van der Waals surface area (Å²) in [6, 6.07) is 14.2. The molecule has 0 saturated carbocycles. The molecule has 4 rings (SSSR count). The van der Waals surface area contributed by atoms with Crippen LogP contribution in [-0.2, 0) is 17.9 Å². The Labute approximate surface area is 162 Å². The van der Waals surface area contributed by atoms with Crippen molar-refractivity contribution in [2.75, 3.05) is 6.61 Å². The van der Waals surface area contributed by atoms with Crippen molar-refractivity contribution >= 4 is 11.8 Å². The highest BCUT2D eigenvalue weighted by Crippen LogP contribution is 2.37. The van der Waals surface area contributed by atoms with Crippen molar-refractivity contribution in [2.45, 2.75) is 37.9 Å². The second-order valence-electron chi connectivity index (χ2n) is 6.47. The van der Waals surface area contributed by atoms with Gasteiger partial charge in [0.05, 0.1) is 18.0 Å². The van der Waals surface area contributed by atoms with Gasteiger partial charge in [0.25, 0.3) is 0 Å². The first-order valence-electron chi connectivity index (χ1n) is 9.10. The SMILES string of the molecule is CCOc1cc2c(cc1CSCc1nnnn1-c1ccccc1)OC(C)C2. The normalized spacial score (nSPS) is 15.4. The van der Waals surface area contributed by atoms with Gasteiger partial charge in [-0.15, -0.1) is 16.9 Å². The van der Waals surface area contributed by atoms with E-state index in [1.54, 1.807) is 16.4 Å². The summed E-state index contributed by atoms with van der Waals surface area (Å²) < 4.78 is 13.6. The second-order valence-corrected chi connectivity index (χ2v) is 7.45. The van der Waals surface area contributed by atoms with E-state index in [1.165, 1.54) is 5.56 Å². The van der Waals surface area contributed by atoms with Crippen LogP contribution in [0, 0.1) is 0 Å². The number of fused-ring (bicyclic) bond motifs is 1. The summed E-state index contributed by atoms with van der Waals surface area (Å²) in [5.74, 6) is 4.28. The number of rotatable bonds is 7. The summed E-state index contributed by atoms with van der Waals surface area (Å²) in [5.41, 5.74) is 3.34. The van der Waals surface area contributed by atoms with E-state index in [0.29, 0.717) is 12.4 Å². The van der Waals surface area contributed by atoms with Crippen molar-refractivity contribution in [3.63, 3.8) is 0 Å². The van der Waals surface area contributed by atoms with Crippen LogP contribution in [0.3, 0.4) is 0 Å². The van der Waals surface area contributed by atoms with E-state index in [1.807, 2.05) is 37.3 Å². The maximum Gasteiger partial charge on any atom is 0.166 e. The molecule has 2 heterocycles. The predicted molar refractivity (Wildman–Crippen MR) is 106 cm³/mol. The second kappa shape index (κ2) is 8.00. The van der Waals surface area contributed by atoms with Crippen molar-refractivity contribution in [1.29, 1.82) is 0 Å². The molecule has 0 bridgehead atoms. The maximum absolute atomic E-state index is 5.91. The van der Waals surface area contributed by atoms with Crippen molar-refractivity contribution in [2.24, 2.45) is 0 Å². The molecule has 0 N–H and O–H groups in total. The van der Waals surface area contributed by atoms with Crippen LogP contribution in [0.2, 0.25) is 0 Å². The van der Waals surface area contributed by atoms with Gasteiger partial charge in [-0.1, -0.05) is 18.2 Å². The lowest BCUT2D eigenvalue weighted by atomic mass is 10.1. The Morgan fingerprint density at radius 2 is 2.07 bits per heavy atom. The minimum atomic E-state index is 0.230. The van der Waals surface area contributed by atoms with Crippen molar-refractivity contribution in [3.8, 4) is 17.2 Å². The summed E-state index contributed by atoms with van der Waals surface area (Å²) in [7, 11) is 0. The summed E-state index contributed by atoms with van der Waals surface area (Å²) in [4.78, 5) is 0. The molecule has 1 atom stereocenters. The highest BCUT2D eigenvalue weighted by molar-refractivity contribution is 7.97. The molecule has 6 nitrogen and oxygen atoms in total. The van der Waals surface area contributed by atoms with Gasteiger partial charge < -0.3 is 9.47 Å². The minimum Gasteiger partial charge on any atom is -0.494 e. The van der Waals surface area contributed by atoms with E-state index in [4.69, 9.17) is 9.47 Å². The molecule has 2 aromatic carbocycles. The Kier molecular flexibility index (Phi) is 5.29. The molecular formula is C20H22N4O2S. The van der Waals surface area contributed by atoms with Crippen LogP contribution in [0.5, 0.6) is 11.5 Å². The Balaban J connectivity index is 1.47. The topological polar surface area (TPSA) is 62.1 Å². The highest BCUT2D eigenvalue weighted by atomic mass is 32.2. The molecule has 1 aromatic heterocycles. The van der Waals surface area contributed by atoms with Gasteiger partial charge >= 0.3 is 0 Å². The van der Waals surface area contributed by atoms with Crippen LogP contribution >= 0.6 is 11.8 Å². The summed E-state index contributed by atoms with van der Waals surface area (Å²) in [5, 5.41) is 12.1. The Morgan fingerprint density at radius 1 is 1.22 bits per heavy atom. The lowest BCUT2D eigenvalue weighted by Crippen LogP contribution is -2.05. The molecule has 27 heavy (non-hydrogen) atoms. The molecule has 0 aliphatic carbocycles. The number of nitrogens with zero attached hydrogens (tertiary/aromatic N) is 4. The molecule has 1 unspecified atom stereocenters. The van der Waals surface area contributed by atoms with Crippen LogP contribution in [0.4, 0.5) is 0 Å². The fourth-order valence-electron chi connectivity index (χ4n) is 3.20. The van der Waals surface area contributed by atoms with Crippen LogP contribution in [0.15, 0.2) is 42.5 Å². The number of aromatic nitrogens is 4. The average molecular weight is 382 g/mol. The molecule has 1 aliphatic rings. The number of para-hydroxylation sites is 1. The van der Waals surface area contributed by atoms with E-state index in [2.05, 4.69) is 34.6 Å². The zero-order valence-corrected chi connectivity index (χ0v) is 16.3. The zero-order chi connectivity index (χ0) is 18.6. The summed E-state index contributed by atoms with van der Waals surface area (Å²) in [6.45, 7) is 4.76. The molecule has 1 aliphatic heterocycles. The number of benzene rings is 2. The predicted octanol–water partition coefficient (Wildman–Crippen LogP) is 3.82. The number of ether oxygens (including phenoxy) is 2. The van der Waals surface area contributed by atoms with Gasteiger partial charge in [0, 0.05) is 23.3 Å². The van der Waals surface area contributed by atoms with E-state index in [-0.39, 0.29) is 6.10 Å². The van der Waals surface area contributed by atoms with Gasteiger partial charge in [-0.25, -0.2) is 0 Å². The van der Waals surface area contributed by atoms with Gasteiger partial charge in [0.1, 0.15) is 17.6 Å². The first kappa shape index (κ1) is 17.9. The molecule has 0 radical (unpaired) electrons. The molecule has 0 saturated heterocycles. The number of hydrogen-bond donors (Lipinski definition) is 0. The zero-order valence-electron chi connectivity index (χ0n) is 15.5. The molecule has 0 amide bonds. The Bertz CT molecular complexity index is 914. The molecule has 140 valence electrons. The van der Waals surface area contributed by atoms with Crippen LogP contribution < -0.4 is 9.47 Å². The summed E-state index contributed by atoms with van der Waals surface area (Å²) in [6.07, 6.45) is 1.17. The lowest BCUT2D eigenvalue weighted by molar-refractivity contribution is 0.254. The molecule has 0 spiro atoms. The number of thioether (sulfide) groups is 1. The monoisotopic (exact) mass is 382 g/mol. The first-order valence-corrected chi connectivity index (χ1v) is 10.3. The van der Waals surface area contributed by atoms with Gasteiger partial charge in [0.2, 0.25) is 0 Å². The van der Waals surface area contributed by atoms with Crippen LogP contribution in [0.1, 0.15) is 30.8 Å². The van der Waals surface area contributed by atoms with E-state index in [9.17, 15) is 0 Å². The molecule has 3 aromatic rings. The Morgan fingerprint density at radius 3 is 2.89 bits per heavy atom. The van der Waals surface area contributed by atoms with Gasteiger partial charge in [-0.3, -0.25) is 0 Å². The van der Waals surface area contributed by atoms with Crippen molar-refractivity contribution in [3.05, 3.63) is 59.4 Å². The smallest absolute Gasteiger partial charge is 0.166 e. The largest absolute Gasteiger partial charge is 0.494 e. The van der Waals surface area contributed by atoms with Gasteiger partial charge in [-0.2, -0.15) is 4.68 Å². The molecular weight excluding hydrogens is 360 g/mol. The third-order valence-electron chi connectivity index (χ3n) is 4.40. The number of tetrazole rings is 1. The quantitative estimate of drug-likeness (QED) is 0.619. The van der Waals surface area contributed by atoms with E-state index in [0.717, 1.165) is 40.7 Å². The van der Waals surface area contributed by atoms with Crippen LogP contribution in [0.25, 0.3) is 5.69 Å². The fourth-order valence-corrected chi connectivity index (χ4v) is 4.11. The summed E-state index contributed by atoms with van der Waals surface area (Å²) >= 11 is 1.76. The Hall–Kier alpha value is -2.54.